The predicted octanol–water partition coefficient (Wildman–Crippen LogP) is 2.58. The fourth-order valence-electron chi connectivity index (χ4n) is 1.59. The smallest absolute Gasteiger partial charge is 0.321 e. The molecule has 1 N–H and O–H groups in total. The summed E-state index contributed by atoms with van der Waals surface area (Å²) >= 11 is 0. The molecule has 0 aliphatic heterocycles. The van der Waals surface area contributed by atoms with Gasteiger partial charge < -0.3 is 19.7 Å². The Hall–Kier alpha value is -1.91. The monoisotopic (exact) mass is 252 g/mol. The third-order valence-electron chi connectivity index (χ3n) is 2.65. The molecule has 0 bridgehead atoms. The second kappa shape index (κ2) is 6.74. The first-order valence-electron chi connectivity index (χ1n) is 5.93. The van der Waals surface area contributed by atoms with E-state index in [1.807, 2.05) is 13.8 Å². The summed E-state index contributed by atoms with van der Waals surface area (Å²) in [6, 6.07) is 5.14. The van der Waals surface area contributed by atoms with E-state index in [1.165, 1.54) is 0 Å². The number of carbonyl (C=O) groups excluding carboxylic acids is 1. The molecule has 1 aromatic carbocycles. The van der Waals surface area contributed by atoms with Crippen molar-refractivity contribution in [1.29, 1.82) is 0 Å². The molecule has 1 rings (SSSR count). The van der Waals surface area contributed by atoms with Crippen LogP contribution in [0, 0.1) is 0 Å². The number of anilines is 1. The first-order valence-corrected chi connectivity index (χ1v) is 5.93. The van der Waals surface area contributed by atoms with Gasteiger partial charge in [0.25, 0.3) is 0 Å². The lowest BCUT2D eigenvalue weighted by atomic mass is 10.3. The third kappa shape index (κ3) is 3.55. The Kier molecular flexibility index (Phi) is 5.30. The van der Waals surface area contributed by atoms with Gasteiger partial charge in [0, 0.05) is 37.0 Å². The minimum atomic E-state index is -0.129. The fraction of sp³-hybridized carbons (Fsp3) is 0.462. The minimum absolute atomic E-state index is 0.129. The summed E-state index contributed by atoms with van der Waals surface area (Å²) in [5.74, 6) is 1.29. The van der Waals surface area contributed by atoms with Gasteiger partial charge in [0.2, 0.25) is 0 Å². The number of hydrogen-bond donors (Lipinski definition) is 1. The van der Waals surface area contributed by atoms with Crippen LogP contribution < -0.4 is 14.8 Å². The first kappa shape index (κ1) is 14.2. The van der Waals surface area contributed by atoms with E-state index in [0.717, 1.165) is 0 Å². The number of nitrogens with zero attached hydrogens (tertiary/aromatic N) is 1. The average molecular weight is 252 g/mol. The maximum Gasteiger partial charge on any atom is 0.321 e. The molecule has 0 radical (unpaired) electrons. The van der Waals surface area contributed by atoms with Crippen molar-refractivity contribution in [1.82, 2.24) is 4.90 Å². The lowest BCUT2D eigenvalue weighted by molar-refractivity contribution is 0.217. The molecule has 0 spiro atoms. The Bertz CT molecular complexity index is 381. The van der Waals surface area contributed by atoms with Gasteiger partial charge in [-0.05, 0) is 13.8 Å². The molecule has 0 saturated heterocycles. The molecular formula is C13H20N2O3. The summed E-state index contributed by atoms with van der Waals surface area (Å²) in [6.07, 6.45) is 0. The highest BCUT2D eigenvalue weighted by atomic mass is 16.5. The van der Waals surface area contributed by atoms with Crippen molar-refractivity contribution in [3.63, 3.8) is 0 Å². The zero-order valence-electron chi connectivity index (χ0n) is 11.3. The molecule has 0 aliphatic rings. The lowest BCUT2D eigenvalue weighted by Gasteiger charge is -2.19. The normalized spacial score (nSPS) is 9.78. The summed E-state index contributed by atoms with van der Waals surface area (Å²) in [5.41, 5.74) is 0.656. The molecule has 2 amide bonds. The molecule has 0 aromatic heterocycles. The number of nitrogens with one attached hydrogen (secondary N) is 1. The van der Waals surface area contributed by atoms with Gasteiger partial charge in [-0.2, -0.15) is 0 Å². The first-order chi connectivity index (χ1) is 8.64. The Morgan fingerprint density at radius 3 is 2.00 bits per heavy atom. The van der Waals surface area contributed by atoms with Gasteiger partial charge in [0.1, 0.15) is 11.5 Å². The van der Waals surface area contributed by atoms with Crippen molar-refractivity contribution in [2.24, 2.45) is 0 Å². The maximum atomic E-state index is 11.9. The van der Waals surface area contributed by atoms with Gasteiger partial charge in [-0.25, -0.2) is 4.79 Å². The zero-order valence-corrected chi connectivity index (χ0v) is 11.3. The highest BCUT2D eigenvalue weighted by Gasteiger charge is 2.10. The lowest BCUT2D eigenvalue weighted by Crippen LogP contribution is -2.34. The van der Waals surface area contributed by atoms with Gasteiger partial charge in [0.05, 0.1) is 14.2 Å². The van der Waals surface area contributed by atoms with E-state index in [4.69, 9.17) is 9.47 Å². The van der Waals surface area contributed by atoms with E-state index in [1.54, 1.807) is 37.3 Å². The Balaban J connectivity index is 2.86. The number of rotatable bonds is 5. The van der Waals surface area contributed by atoms with Crippen molar-refractivity contribution in [2.75, 3.05) is 32.6 Å². The van der Waals surface area contributed by atoms with Crippen LogP contribution in [0.3, 0.4) is 0 Å². The highest BCUT2D eigenvalue weighted by Crippen LogP contribution is 2.25. The number of urea groups is 1. The quantitative estimate of drug-likeness (QED) is 0.876. The standard InChI is InChI=1S/C13H20N2O3/c1-5-15(6-2)13(16)14-10-7-11(17-3)9-12(8-10)18-4/h7-9H,5-6H2,1-4H3,(H,14,16). The molecule has 0 fully saturated rings. The summed E-state index contributed by atoms with van der Waals surface area (Å²) in [6.45, 7) is 5.22. The van der Waals surface area contributed by atoms with Crippen LogP contribution in [0.2, 0.25) is 0 Å². The predicted molar refractivity (Wildman–Crippen MR) is 71.5 cm³/mol. The van der Waals surface area contributed by atoms with Crippen LogP contribution in [-0.2, 0) is 0 Å². The zero-order chi connectivity index (χ0) is 13.5. The van der Waals surface area contributed by atoms with Crippen LogP contribution in [0.4, 0.5) is 10.5 Å². The SMILES string of the molecule is CCN(CC)C(=O)Nc1cc(OC)cc(OC)c1. The van der Waals surface area contributed by atoms with Crippen LogP contribution in [0.5, 0.6) is 11.5 Å². The topological polar surface area (TPSA) is 50.8 Å². The largest absolute Gasteiger partial charge is 0.497 e. The van der Waals surface area contributed by atoms with Gasteiger partial charge in [-0.1, -0.05) is 0 Å². The summed E-state index contributed by atoms with van der Waals surface area (Å²) in [4.78, 5) is 13.6. The molecule has 0 saturated carbocycles. The van der Waals surface area contributed by atoms with Crippen molar-refractivity contribution in [2.45, 2.75) is 13.8 Å². The van der Waals surface area contributed by atoms with Crippen LogP contribution in [0.15, 0.2) is 18.2 Å². The van der Waals surface area contributed by atoms with Crippen LogP contribution in [-0.4, -0.2) is 38.2 Å². The third-order valence-corrected chi connectivity index (χ3v) is 2.65. The number of methoxy groups -OCH3 is 2. The van der Waals surface area contributed by atoms with E-state index in [0.29, 0.717) is 30.3 Å². The Morgan fingerprint density at radius 1 is 1.11 bits per heavy atom. The minimum Gasteiger partial charge on any atom is -0.497 e. The highest BCUT2D eigenvalue weighted by molar-refractivity contribution is 5.89. The Labute approximate surface area is 108 Å². The van der Waals surface area contributed by atoms with Gasteiger partial charge in [0.15, 0.2) is 0 Å². The molecule has 0 atom stereocenters. The summed E-state index contributed by atoms with van der Waals surface area (Å²) in [7, 11) is 3.15. The van der Waals surface area contributed by atoms with Crippen molar-refractivity contribution in [3.8, 4) is 11.5 Å². The summed E-state index contributed by atoms with van der Waals surface area (Å²) in [5, 5.41) is 2.82. The van der Waals surface area contributed by atoms with Crippen molar-refractivity contribution < 1.29 is 14.3 Å². The molecule has 0 unspecified atom stereocenters. The maximum absolute atomic E-state index is 11.9. The number of ether oxygens (including phenoxy) is 2. The van der Waals surface area contributed by atoms with E-state index >= 15 is 0 Å². The van der Waals surface area contributed by atoms with E-state index in [-0.39, 0.29) is 6.03 Å². The average Bonchev–Trinajstić information content (AvgIpc) is 2.39. The fourth-order valence-corrected chi connectivity index (χ4v) is 1.59. The number of carbonyl (C=O) groups is 1. The molecule has 0 heterocycles. The van der Waals surface area contributed by atoms with Crippen LogP contribution >= 0.6 is 0 Å². The molecule has 5 heteroatoms. The van der Waals surface area contributed by atoms with Gasteiger partial charge in [-0.15, -0.1) is 0 Å². The molecule has 100 valence electrons. The second-order valence-electron chi connectivity index (χ2n) is 3.70. The second-order valence-corrected chi connectivity index (χ2v) is 3.70. The molecule has 18 heavy (non-hydrogen) atoms. The van der Waals surface area contributed by atoms with E-state index in [2.05, 4.69) is 5.32 Å². The van der Waals surface area contributed by atoms with Crippen LogP contribution in [0.25, 0.3) is 0 Å². The van der Waals surface area contributed by atoms with Gasteiger partial charge in [-0.3, -0.25) is 0 Å². The number of amides is 2. The van der Waals surface area contributed by atoms with E-state index < -0.39 is 0 Å². The van der Waals surface area contributed by atoms with E-state index in [9.17, 15) is 4.79 Å². The van der Waals surface area contributed by atoms with Gasteiger partial charge >= 0.3 is 6.03 Å². The van der Waals surface area contributed by atoms with Crippen molar-refractivity contribution >= 4 is 11.7 Å². The number of benzene rings is 1. The van der Waals surface area contributed by atoms with Crippen LogP contribution in [0.1, 0.15) is 13.8 Å². The van der Waals surface area contributed by atoms with Crippen molar-refractivity contribution in [3.05, 3.63) is 18.2 Å². The molecular weight excluding hydrogens is 232 g/mol. The molecule has 0 aliphatic carbocycles. The number of hydrogen-bond acceptors (Lipinski definition) is 3. The molecule has 1 aromatic rings. The Morgan fingerprint density at radius 2 is 1.61 bits per heavy atom. The molecule has 5 nitrogen and oxygen atoms in total. The summed E-state index contributed by atoms with van der Waals surface area (Å²) < 4.78 is 10.3.